The van der Waals surface area contributed by atoms with E-state index in [2.05, 4.69) is 4.99 Å². The van der Waals surface area contributed by atoms with Gasteiger partial charge in [-0.3, -0.25) is 9.79 Å². The third-order valence-corrected chi connectivity index (χ3v) is 5.46. The number of carbonyl (C=O) groups excluding carboxylic acids is 1. The highest BCUT2D eigenvalue weighted by atomic mass is 32.1. The normalized spacial score (nSPS) is 15.7. The third kappa shape index (κ3) is 3.10. The van der Waals surface area contributed by atoms with E-state index in [-0.39, 0.29) is 11.9 Å². The lowest BCUT2D eigenvalue weighted by Gasteiger charge is -2.20. The van der Waals surface area contributed by atoms with Crippen LogP contribution in [0, 0.1) is 0 Å². The van der Waals surface area contributed by atoms with Crippen molar-refractivity contribution in [2.45, 2.75) is 26.8 Å². The molecule has 0 fully saturated rings. The van der Waals surface area contributed by atoms with E-state index in [9.17, 15) is 4.79 Å². The molecule has 1 aliphatic heterocycles. The molecule has 0 bridgehead atoms. The van der Waals surface area contributed by atoms with Crippen LogP contribution in [0.5, 0.6) is 0 Å². The number of fused-ring (bicyclic) bond motifs is 1. The topological polar surface area (TPSA) is 50.0 Å². The molecule has 1 amide bonds. The minimum absolute atomic E-state index is 0.0576. The van der Waals surface area contributed by atoms with Crippen molar-refractivity contribution in [3.8, 4) is 11.3 Å². The van der Waals surface area contributed by atoms with Gasteiger partial charge in [-0.1, -0.05) is 48.5 Å². The highest BCUT2D eigenvalue weighted by Gasteiger charge is 2.35. The number of nitrogens with zero attached hydrogens (tertiary/aromatic N) is 4. The van der Waals surface area contributed by atoms with Gasteiger partial charge in [0.1, 0.15) is 0 Å². The lowest BCUT2D eigenvalue weighted by molar-refractivity contribution is -0.112. The molecule has 3 aromatic rings. The molecule has 4 rings (SSSR count). The zero-order valence-electron chi connectivity index (χ0n) is 16.2. The van der Waals surface area contributed by atoms with Crippen molar-refractivity contribution in [2.75, 3.05) is 11.4 Å². The molecule has 6 heteroatoms. The van der Waals surface area contributed by atoms with E-state index in [0.29, 0.717) is 12.3 Å². The zero-order valence-corrected chi connectivity index (χ0v) is 17.0. The van der Waals surface area contributed by atoms with Crippen molar-refractivity contribution in [1.29, 1.82) is 0 Å². The molecule has 5 nitrogen and oxygen atoms in total. The monoisotopic (exact) mass is 390 g/mol. The van der Waals surface area contributed by atoms with Crippen LogP contribution in [0.2, 0.25) is 0 Å². The van der Waals surface area contributed by atoms with Crippen LogP contribution in [0.15, 0.2) is 70.1 Å². The Labute approximate surface area is 168 Å². The van der Waals surface area contributed by atoms with Crippen LogP contribution in [0.4, 0.5) is 5.69 Å². The van der Waals surface area contributed by atoms with E-state index in [0.717, 1.165) is 27.3 Å². The fourth-order valence-electron chi connectivity index (χ4n) is 3.38. The van der Waals surface area contributed by atoms with Gasteiger partial charge < -0.3 is 4.90 Å². The molecule has 0 unspecified atom stereocenters. The second-order valence-electron chi connectivity index (χ2n) is 6.79. The van der Waals surface area contributed by atoms with E-state index >= 15 is 0 Å². The SMILES string of the molecule is CCN=c1scc(-c2ccccc2)n1N=C1C(=O)N(C(C)C)c2ccccc21. The van der Waals surface area contributed by atoms with Crippen LogP contribution in [0.3, 0.4) is 0 Å². The Kier molecular flexibility index (Phi) is 4.96. The van der Waals surface area contributed by atoms with Crippen LogP contribution in [-0.2, 0) is 4.79 Å². The molecule has 142 valence electrons. The highest BCUT2D eigenvalue weighted by molar-refractivity contribution is 7.07. The average molecular weight is 391 g/mol. The lowest BCUT2D eigenvalue weighted by Crippen LogP contribution is -2.36. The molecule has 0 saturated heterocycles. The Morgan fingerprint density at radius 1 is 1.04 bits per heavy atom. The Bertz CT molecular complexity index is 1110. The number of carbonyl (C=O) groups is 1. The summed E-state index contributed by atoms with van der Waals surface area (Å²) in [4.78, 5) is 20.4. The molecule has 0 radical (unpaired) electrons. The maximum atomic E-state index is 13.2. The lowest BCUT2D eigenvalue weighted by atomic mass is 10.1. The van der Waals surface area contributed by atoms with E-state index in [1.54, 1.807) is 9.58 Å². The fraction of sp³-hybridized carbons (Fsp3) is 0.227. The molecular weight excluding hydrogens is 368 g/mol. The maximum Gasteiger partial charge on any atom is 0.279 e. The Balaban J connectivity index is 1.94. The summed E-state index contributed by atoms with van der Waals surface area (Å²) >= 11 is 1.53. The number of amides is 1. The molecule has 1 aliphatic rings. The van der Waals surface area contributed by atoms with Gasteiger partial charge in [-0.25, -0.2) is 4.68 Å². The van der Waals surface area contributed by atoms with E-state index < -0.39 is 0 Å². The molecule has 0 saturated carbocycles. The molecule has 28 heavy (non-hydrogen) atoms. The zero-order chi connectivity index (χ0) is 19.7. The maximum absolute atomic E-state index is 13.2. The van der Waals surface area contributed by atoms with Crippen molar-refractivity contribution in [3.05, 3.63) is 70.3 Å². The standard InChI is InChI=1S/C22H22N4OS/c1-4-23-22-26(19(14-28-22)16-10-6-5-7-11-16)24-20-17-12-8-9-13-18(17)25(15(2)3)21(20)27/h5-15H,4H2,1-3H3. The van der Waals surface area contributed by atoms with Crippen molar-refractivity contribution >= 4 is 28.6 Å². The number of rotatable bonds is 4. The number of hydrogen-bond acceptors (Lipinski definition) is 4. The van der Waals surface area contributed by atoms with Gasteiger partial charge in [-0.2, -0.15) is 5.10 Å². The van der Waals surface area contributed by atoms with Crippen molar-refractivity contribution < 1.29 is 4.79 Å². The van der Waals surface area contributed by atoms with E-state index in [1.807, 2.05) is 80.7 Å². The summed E-state index contributed by atoms with van der Waals surface area (Å²) < 4.78 is 1.80. The molecule has 0 N–H and O–H groups in total. The summed E-state index contributed by atoms with van der Waals surface area (Å²) in [5, 5.41) is 6.87. The van der Waals surface area contributed by atoms with Crippen molar-refractivity contribution in [3.63, 3.8) is 0 Å². The van der Waals surface area contributed by atoms with Gasteiger partial charge in [-0.05, 0) is 26.8 Å². The predicted molar refractivity (Wildman–Crippen MR) is 115 cm³/mol. The van der Waals surface area contributed by atoms with Gasteiger partial charge in [0.15, 0.2) is 5.71 Å². The van der Waals surface area contributed by atoms with Crippen LogP contribution in [0.1, 0.15) is 26.3 Å². The fourth-order valence-corrected chi connectivity index (χ4v) is 4.27. The molecule has 2 aromatic carbocycles. The first-order valence-corrected chi connectivity index (χ1v) is 10.3. The number of hydrogen-bond donors (Lipinski definition) is 0. The number of aromatic nitrogens is 1. The summed E-state index contributed by atoms with van der Waals surface area (Å²) in [6.45, 7) is 6.68. The largest absolute Gasteiger partial charge is 0.304 e. The van der Waals surface area contributed by atoms with E-state index in [4.69, 9.17) is 5.10 Å². The van der Waals surface area contributed by atoms with Gasteiger partial charge in [0.05, 0.1) is 11.4 Å². The van der Waals surface area contributed by atoms with Gasteiger partial charge in [0, 0.05) is 29.1 Å². The predicted octanol–water partition coefficient (Wildman–Crippen LogP) is 4.14. The van der Waals surface area contributed by atoms with Crippen LogP contribution < -0.4 is 9.70 Å². The number of anilines is 1. The Morgan fingerprint density at radius 2 is 1.75 bits per heavy atom. The summed E-state index contributed by atoms with van der Waals surface area (Å²) in [5.74, 6) is -0.0728. The molecule has 1 aromatic heterocycles. The van der Waals surface area contributed by atoms with Gasteiger partial charge in [-0.15, -0.1) is 11.3 Å². The summed E-state index contributed by atoms with van der Waals surface area (Å²) in [6, 6.07) is 18.0. The average Bonchev–Trinajstić information content (AvgIpc) is 3.22. The highest BCUT2D eigenvalue weighted by Crippen LogP contribution is 2.31. The first-order valence-electron chi connectivity index (χ1n) is 9.40. The minimum atomic E-state index is -0.0728. The van der Waals surface area contributed by atoms with Gasteiger partial charge >= 0.3 is 0 Å². The molecular formula is C22H22N4OS. The van der Waals surface area contributed by atoms with Crippen molar-refractivity contribution in [1.82, 2.24) is 4.68 Å². The molecule has 0 spiro atoms. The quantitative estimate of drug-likeness (QED) is 0.660. The first kappa shape index (κ1) is 18.4. The summed E-state index contributed by atoms with van der Waals surface area (Å²) in [5.41, 5.74) is 4.20. The molecule has 0 atom stereocenters. The smallest absolute Gasteiger partial charge is 0.279 e. The Morgan fingerprint density at radius 3 is 2.46 bits per heavy atom. The Hall–Kier alpha value is -2.99. The number of benzene rings is 2. The van der Waals surface area contributed by atoms with E-state index in [1.165, 1.54) is 11.3 Å². The molecule has 0 aliphatic carbocycles. The van der Waals surface area contributed by atoms with Crippen molar-refractivity contribution in [2.24, 2.45) is 10.1 Å². The minimum Gasteiger partial charge on any atom is -0.304 e. The summed E-state index contributed by atoms with van der Waals surface area (Å²) in [6.07, 6.45) is 0. The van der Waals surface area contributed by atoms with Gasteiger partial charge in [0.2, 0.25) is 4.80 Å². The third-order valence-electron chi connectivity index (χ3n) is 4.60. The number of para-hydroxylation sites is 1. The second kappa shape index (κ2) is 7.56. The van der Waals surface area contributed by atoms with Crippen LogP contribution in [0.25, 0.3) is 11.3 Å². The number of thiazole rings is 1. The van der Waals surface area contributed by atoms with Gasteiger partial charge in [0.25, 0.3) is 5.91 Å². The van der Waals surface area contributed by atoms with Crippen LogP contribution in [-0.4, -0.2) is 28.9 Å². The second-order valence-corrected chi connectivity index (χ2v) is 7.63. The summed E-state index contributed by atoms with van der Waals surface area (Å²) in [7, 11) is 0. The van der Waals surface area contributed by atoms with Crippen LogP contribution >= 0.6 is 11.3 Å². The first-order chi connectivity index (χ1) is 13.6. The molecule has 2 heterocycles.